The summed E-state index contributed by atoms with van der Waals surface area (Å²) in [6.07, 6.45) is -5.07. The number of carbonyl (C=O) groups excluding carboxylic acids is 1. The predicted octanol–water partition coefficient (Wildman–Crippen LogP) is 3.04. The first-order valence-electron chi connectivity index (χ1n) is 5.69. The highest BCUT2D eigenvalue weighted by atomic mass is 19.4. The zero-order valence-electron chi connectivity index (χ0n) is 10.7. The van der Waals surface area contributed by atoms with Crippen LogP contribution in [-0.4, -0.2) is 18.5 Å². The molecule has 0 aliphatic rings. The highest BCUT2D eigenvalue weighted by Crippen LogP contribution is 2.37. The van der Waals surface area contributed by atoms with Gasteiger partial charge >= 0.3 is 18.1 Å². The predicted molar refractivity (Wildman–Crippen MR) is 59.9 cm³/mol. The Morgan fingerprint density at radius 1 is 1.29 bits per heavy atom. The second kappa shape index (κ2) is 5.92. The van der Waals surface area contributed by atoms with Crippen molar-refractivity contribution >= 4 is 5.97 Å². The molecule has 0 heterocycles. The van der Waals surface area contributed by atoms with Crippen LogP contribution in [-0.2, 0) is 15.7 Å². The minimum absolute atomic E-state index is 0.383. The first-order chi connectivity index (χ1) is 9.53. The van der Waals surface area contributed by atoms with E-state index < -0.39 is 41.1 Å². The molecule has 21 heavy (non-hydrogen) atoms. The van der Waals surface area contributed by atoms with E-state index in [1.807, 2.05) is 0 Å². The molecule has 0 unspecified atom stereocenters. The van der Waals surface area contributed by atoms with Crippen LogP contribution in [0.4, 0.5) is 26.3 Å². The van der Waals surface area contributed by atoms with E-state index in [2.05, 4.69) is 4.74 Å². The number of nitrogens with two attached hydrogens (primary N) is 1. The van der Waals surface area contributed by atoms with Crippen LogP contribution >= 0.6 is 0 Å². The van der Waals surface area contributed by atoms with E-state index >= 15 is 0 Å². The van der Waals surface area contributed by atoms with Crippen molar-refractivity contribution in [2.75, 3.05) is 6.61 Å². The van der Waals surface area contributed by atoms with Gasteiger partial charge in [0.25, 0.3) is 0 Å². The SMILES string of the molecule is CCOC(=O)C(F)(F)[C@@H](N)c1cccc(C(F)(F)F)c1F. The van der Waals surface area contributed by atoms with Crippen LogP contribution in [0, 0.1) is 5.82 Å². The lowest BCUT2D eigenvalue weighted by molar-refractivity contribution is -0.175. The van der Waals surface area contributed by atoms with E-state index in [4.69, 9.17) is 5.73 Å². The number of hydrogen-bond donors (Lipinski definition) is 1. The fourth-order valence-corrected chi connectivity index (χ4v) is 1.56. The first-order valence-corrected chi connectivity index (χ1v) is 5.69. The lowest BCUT2D eigenvalue weighted by atomic mass is 9.98. The molecule has 1 rings (SSSR count). The molecular formula is C12H11F6NO2. The summed E-state index contributed by atoms with van der Waals surface area (Å²) in [4.78, 5) is 11.1. The van der Waals surface area contributed by atoms with Gasteiger partial charge in [-0.1, -0.05) is 12.1 Å². The number of rotatable bonds is 4. The van der Waals surface area contributed by atoms with Gasteiger partial charge < -0.3 is 10.5 Å². The summed E-state index contributed by atoms with van der Waals surface area (Å²) >= 11 is 0. The fraction of sp³-hybridized carbons (Fsp3) is 0.417. The quantitative estimate of drug-likeness (QED) is 0.686. The molecule has 9 heteroatoms. The van der Waals surface area contributed by atoms with Crippen molar-refractivity contribution in [2.24, 2.45) is 5.73 Å². The molecule has 0 spiro atoms. The number of benzene rings is 1. The molecule has 0 aliphatic heterocycles. The Labute approximate surface area is 115 Å². The highest BCUT2D eigenvalue weighted by Gasteiger charge is 2.49. The van der Waals surface area contributed by atoms with Gasteiger partial charge in [-0.05, 0) is 13.0 Å². The third kappa shape index (κ3) is 3.46. The molecule has 3 nitrogen and oxygen atoms in total. The third-order valence-corrected chi connectivity index (χ3v) is 2.61. The highest BCUT2D eigenvalue weighted by molar-refractivity contribution is 5.78. The molecule has 0 saturated heterocycles. The monoisotopic (exact) mass is 315 g/mol. The molecule has 1 atom stereocenters. The molecule has 118 valence electrons. The maximum Gasteiger partial charge on any atom is 0.419 e. The Morgan fingerprint density at radius 3 is 2.33 bits per heavy atom. The summed E-state index contributed by atoms with van der Waals surface area (Å²) < 4.78 is 82.6. The zero-order valence-corrected chi connectivity index (χ0v) is 10.7. The van der Waals surface area contributed by atoms with Crippen LogP contribution in [0.15, 0.2) is 18.2 Å². The molecule has 0 bridgehead atoms. The number of esters is 1. The van der Waals surface area contributed by atoms with Crippen LogP contribution in [0.25, 0.3) is 0 Å². The van der Waals surface area contributed by atoms with E-state index in [-0.39, 0.29) is 6.61 Å². The smallest absolute Gasteiger partial charge is 0.419 e. The van der Waals surface area contributed by atoms with Crippen LogP contribution in [0.1, 0.15) is 24.1 Å². The maximum absolute atomic E-state index is 13.7. The van der Waals surface area contributed by atoms with E-state index in [0.717, 1.165) is 6.07 Å². The largest absolute Gasteiger partial charge is 0.462 e. The van der Waals surface area contributed by atoms with Crippen molar-refractivity contribution in [3.63, 3.8) is 0 Å². The van der Waals surface area contributed by atoms with E-state index in [1.54, 1.807) is 0 Å². The summed E-state index contributed by atoms with van der Waals surface area (Å²) in [5.41, 5.74) is 2.20. The van der Waals surface area contributed by atoms with Crippen molar-refractivity contribution in [1.82, 2.24) is 0 Å². The zero-order chi connectivity index (χ0) is 16.4. The van der Waals surface area contributed by atoms with Gasteiger partial charge in [0.15, 0.2) is 0 Å². The molecule has 1 aromatic rings. The summed E-state index contributed by atoms with van der Waals surface area (Å²) in [6.45, 7) is 0.872. The lowest BCUT2D eigenvalue weighted by Gasteiger charge is -2.23. The standard InChI is InChI=1S/C12H11F6NO2/c1-2-21-10(20)11(14,15)9(19)6-4-3-5-7(8(6)13)12(16,17)18/h3-5,9H,2,19H2,1H3/t9-/m0/s1. The van der Waals surface area contributed by atoms with Gasteiger partial charge in [-0.2, -0.15) is 22.0 Å². The van der Waals surface area contributed by atoms with Crippen molar-refractivity contribution in [3.8, 4) is 0 Å². The van der Waals surface area contributed by atoms with Gasteiger partial charge in [-0.3, -0.25) is 0 Å². The fourth-order valence-electron chi connectivity index (χ4n) is 1.56. The Hall–Kier alpha value is -1.77. The van der Waals surface area contributed by atoms with E-state index in [9.17, 15) is 31.1 Å². The van der Waals surface area contributed by atoms with Crippen molar-refractivity contribution in [2.45, 2.75) is 25.1 Å². The third-order valence-electron chi connectivity index (χ3n) is 2.61. The molecule has 0 aromatic heterocycles. The molecule has 0 radical (unpaired) electrons. The second-order valence-electron chi connectivity index (χ2n) is 4.03. The van der Waals surface area contributed by atoms with Crippen molar-refractivity contribution in [1.29, 1.82) is 0 Å². The number of alkyl halides is 5. The Morgan fingerprint density at radius 2 is 1.86 bits per heavy atom. The minimum Gasteiger partial charge on any atom is -0.462 e. The number of halogens is 6. The van der Waals surface area contributed by atoms with Crippen LogP contribution < -0.4 is 5.73 Å². The van der Waals surface area contributed by atoms with Gasteiger partial charge in [-0.25, -0.2) is 9.18 Å². The summed E-state index contributed by atoms with van der Waals surface area (Å²) in [5.74, 6) is -8.34. The first kappa shape index (κ1) is 17.3. The molecule has 0 fully saturated rings. The van der Waals surface area contributed by atoms with Gasteiger partial charge in [-0.15, -0.1) is 0 Å². The van der Waals surface area contributed by atoms with Crippen LogP contribution in [0.5, 0.6) is 0 Å². The molecule has 0 amide bonds. The van der Waals surface area contributed by atoms with Gasteiger partial charge in [0.05, 0.1) is 12.2 Å². The summed E-state index contributed by atoms with van der Waals surface area (Å²) in [7, 11) is 0. The number of hydrogen-bond acceptors (Lipinski definition) is 3. The van der Waals surface area contributed by atoms with Crippen LogP contribution in [0.2, 0.25) is 0 Å². The summed E-state index contributed by atoms with van der Waals surface area (Å²) in [6, 6.07) is -0.836. The van der Waals surface area contributed by atoms with Crippen molar-refractivity contribution < 1.29 is 35.9 Å². The topological polar surface area (TPSA) is 52.3 Å². The maximum atomic E-state index is 13.7. The minimum atomic E-state index is -5.07. The average molecular weight is 315 g/mol. The molecule has 0 saturated carbocycles. The second-order valence-corrected chi connectivity index (χ2v) is 4.03. The Bertz CT molecular complexity index is 529. The van der Waals surface area contributed by atoms with Gasteiger partial charge in [0.1, 0.15) is 11.9 Å². The van der Waals surface area contributed by atoms with E-state index in [1.165, 1.54) is 6.92 Å². The molecule has 0 aliphatic carbocycles. The normalized spacial score (nSPS) is 13.9. The average Bonchev–Trinajstić information content (AvgIpc) is 2.37. The lowest BCUT2D eigenvalue weighted by Crippen LogP contribution is -2.42. The van der Waals surface area contributed by atoms with Crippen molar-refractivity contribution in [3.05, 3.63) is 35.1 Å². The molecule has 1 aromatic carbocycles. The Kier molecular flexibility index (Phi) is 4.87. The van der Waals surface area contributed by atoms with Crippen LogP contribution in [0.3, 0.4) is 0 Å². The summed E-state index contributed by atoms with van der Waals surface area (Å²) in [5, 5.41) is 0. The Balaban J connectivity index is 3.25. The number of ether oxygens (including phenoxy) is 1. The van der Waals surface area contributed by atoms with E-state index in [0.29, 0.717) is 12.1 Å². The van der Waals surface area contributed by atoms with Gasteiger partial charge in [0.2, 0.25) is 0 Å². The molecular weight excluding hydrogens is 304 g/mol. The molecule has 2 N–H and O–H groups in total. The number of carbonyl (C=O) groups is 1. The van der Waals surface area contributed by atoms with Gasteiger partial charge in [0, 0.05) is 5.56 Å².